The molecule has 0 aromatic rings. The van der Waals surface area contributed by atoms with E-state index in [1.165, 1.54) is 0 Å². The van der Waals surface area contributed by atoms with Gasteiger partial charge in [-0.1, -0.05) is 22.3 Å². The predicted molar refractivity (Wildman–Crippen MR) is 47.8 cm³/mol. The van der Waals surface area contributed by atoms with Gasteiger partial charge in [-0.2, -0.15) is 9.90 Å². The molecule has 0 aliphatic rings. The Morgan fingerprint density at radius 1 is 0.833 bits per heavy atom. The molecule has 0 aromatic heterocycles. The molecule has 0 bridgehead atoms. The molecule has 0 heterocycles. The monoisotopic (exact) mass is 251 g/mol. The summed E-state index contributed by atoms with van der Waals surface area (Å²) in [6.45, 7) is 0. The van der Waals surface area contributed by atoms with Crippen LogP contribution in [0.2, 0.25) is 0 Å². The van der Waals surface area contributed by atoms with Crippen LogP contribution in [-0.4, -0.2) is 0 Å². The Bertz CT molecular complexity index is 14.9. The van der Waals surface area contributed by atoms with Crippen LogP contribution >= 0.6 is 33.9 Å². The van der Waals surface area contributed by atoms with Crippen LogP contribution in [0.25, 0.3) is 0 Å². The smallest absolute Gasteiger partial charge is 1.00 e. The summed E-state index contributed by atoms with van der Waals surface area (Å²) in [5, 5.41) is 0. The van der Waals surface area contributed by atoms with Crippen molar-refractivity contribution in [3.05, 3.63) is 0 Å². The molecule has 0 saturated carbocycles. The average Bonchev–Trinajstić information content (AvgIpc) is 0. The van der Waals surface area contributed by atoms with E-state index >= 15 is 0 Å². The standard InChI is InChI=1S/3CH4.HI.K.H3P.H/h3*1H4;1H;;1H3;/q;;;;+1;;-1/i;;;;;;1+1. The minimum Gasteiger partial charge on any atom is -1.00 e. The van der Waals surface area contributed by atoms with Crippen LogP contribution in [0.3, 0.4) is 0 Å². The normalized spacial score (nSPS) is 0. The molecule has 0 radical (unpaired) electrons. The SMILES string of the molecule is C.C.C.I.P.[2H-].[K+]. The zero-order valence-corrected chi connectivity index (χ0v) is 8.98. The van der Waals surface area contributed by atoms with Crippen LogP contribution in [0.5, 0.6) is 0 Å². The Kier molecular flexibility index (Phi) is 525. The minimum absolute atomic E-state index is 0. The van der Waals surface area contributed by atoms with Gasteiger partial charge >= 0.3 is 51.4 Å². The second kappa shape index (κ2) is 46.1. The quantitative estimate of drug-likeness (QED) is 0.315. The summed E-state index contributed by atoms with van der Waals surface area (Å²) < 4.78 is 0. The molecule has 0 spiro atoms. The van der Waals surface area contributed by atoms with E-state index in [9.17, 15) is 0 Å². The molecule has 0 N–H and O–H groups in total. The van der Waals surface area contributed by atoms with Crippen molar-refractivity contribution >= 4 is 33.9 Å². The van der Waals surface area contributed by atoms with Gasteiger partial charge in [-0.3, -0.25) is 0 Å². The molecule has 3 heteroatoms. The third-order valence-electron chi connectivity index (χ3n) is 0. The van der Waals surface area contributed by atoms with Crippen molar-refractivity contribution in [3.8, 4) is 0 Å². The number of rotatable bonds is 0. The summed E-state index contributed by atoms with van der Waals surface area (Å²) in [5.41, 5.74) is 0. The maximum absolute atomic E-state index is 0. The Morgan fingerprint density at radius 3 is 0.833 bits per heavy atom. The summed E-state index contributed by atoms with van der Waals surface area (Å²) >= 11 is 0. The first kappa shape index (κ1) is 68.4. The summed E-state index contributed by atoms with van der Waals surface area (Å²) in [6, 6.07) is 0. The second-order valence-electron chi connectivity index (χ2n) is 0. The van der Waals surface area contributed by atoms with Crippen molar-refractivity contribution in [3.63, 3.8) is 0 Å². The Hall–Kier alpha value is 2.80. The fraction of sp³-hybridized carbons (Fsp3) is 1.00. The third-order valence-corrected chi connectivity index (χ3v) is 0. The molecule has 0 saturated heterocycles. The maximum atomic E-state index is 0. The molecule has 0 amide bonds. The zero-order chi connectivity index (χ0) is 0. The van der Waals surface area contributed by atoms with Crippen molar-refractivity contribution < 1.29 is 52.8 Å². The molecule has 42 valence electrons. The summed E-state index contributed by atoms with van der Waals surface area (Å²) in [4.78, 5) is 0. The van der Waals surface area contributed by atoms with Gasteiger partial charge in [0.05, 0.1) is 0 Å². The van der Waals surface area contributed by atoms with Gasteiger partial charge in [-0.05, 0) is 0 Å². The van der Waals surface area contributed by atoms with Crippen LogP contribution in [-0.2, 0) is 0 Å². The van der Waals surface area contributed by atoms with Gasteiger partial charge in [0.15, 0.2) is 0 Å². The van der Waals surface area contributed by atoms with E-state index in [2.05, 4.69) is 0 Å². The number of hydrogen-bond acceptors (Lipinski definition) is 0. The fourth-order valence-electron chi connectivity index (χ4n) is 0. The van der Waals surface area contributed by atoms with Crippen LogP contribution < -0.4 is 51.4 Å². The molecule has 0 aromatic carbocycles. The van der Waals surface area contributed by atoms with Gasteiger partial charge in [-0.15, -0.1) is 24.0 Å². The maximum Gasteiger partial charge on any atom is 1.00 e. The van der Waals surface area contributed by atoms with E-state index < -0.39 is 0 Å². The van der Waals surface area contributed by atoms with Crippen molar-refractivity contribution in [1.82, 2.24) is 0 Å². The number of halogens is 1. The first-order valence-electron chi connectivity index (χ1n) is 0. The second-order valence-corrected chi connectivity index (χ2v) is 0. The van der Waals surface area contributed by atoms with Gasteiger partial charge in [0, 0.05) is 0 Å². The molecule has 0 aliphatic heterocycles. The average molecular weight is 251 g/mol. The third kappa shape index (κ3) is 29.2. The predicted octanol–water partition coefficient (Wildman–Crippen LogP) is -0.299. The minimum atomic E-state index is 0. The van der Waals surface area contributed by atoms with Crippen molar-refractivity contribution in [2.24, 2.45) is 0 Å². The summed E-state index contributed by atoms with van der Waals surface area (Å²) in [6.07, 6.45) is 0. The fourth-order valence-corrected chi connectivity index (χ4v) is 0. The number of hydrogen-bond donors (Lipinski definition) is 0. The Labute approximate surface area is 107 Å². The van der Waals surface area contributed by atoms with Crippen LogP contribution in [0.15, 0.2) is 0 Å². The van der Waals surface area contributed by atoms with Crippen molar-refractivity contribution in [1.29, 1.82) is 0 Å². The van der Waals surface area contributed by atoms with Gasteiger partial charge in [0.1, 0.15) is 0 Å². The molecule has 0 rings (SSSR count). The van der Waals surface area contributed by atoms with E-state index in [1.54, 1.807) is 0 Å². The largest absolute Gasteiger partial charge is 1.00 e. The van der Waals surface area contributed by atoms with Crippen LogP contribution in [0.1, 0.15) is 23.7 Å². The first-order valence-corrected chi connectivity index (χ1v) is 0. The van der Waals surface area contributed by atoms with Gasteiger partial charge < -0.3 is 1.43 Å². The van der Waals surface area contributed by atoms with Gasteiger partial charge in [-0.25, -0.2) is 0 Å². The van der Waals surface area contributed by atoms with Gasteiger partial charge in [0.25, 0.3) is 0 Å². The van der Waals surface area contributed by atoms with E-state index in [-0.39, 0.29) is 109 Å². The topological polar surface area (TPSA) is 0 Å². The molecule has 0 fully saturated rings. The van der Waals surface area contributed by atoms with Crippen molar-refractivity contribution in [2.75, 3.05) is 0 Å². The molecular formula is C3H17IKP. The van der Waals surface area contributed by atoms with Crippen LogP contribution in [0, 0.1) is 0 Å². The van der Waals surface area contributed by atoms with E-state index in [0.717, 1.165) is 0 Å². The van der Waals surface area contributed by atoms with Crippen LogP contribution in [0.4, 0.5) is 0 Å². The first-order chi connectivity index (χ1) is 0. The molecular weight excluding hydrogens is 233 g/mol. The summed E-state index contributed by atoms with van der Waals surface area (Å²) in [5.74, 6) is 0. The Morgan fingerprint density at radius 2 is 0.833 bits per heavy atom. The molecule has 1 atom stereocenters. The van der Waals surface area contributed by atoms with E-state index in [1.807, 2.05) is 0 Å². The van der Waals surface area contributed by atoms with Gasteiger partial charge in [0.2, 0.25) is 0 Å². The molecule has 6 heavy (non-hydrogen) atoms. The van der Waals surface area contributed by atoms with Crippen molar-refractivity contribution in [2.45, 2.75) is 22.3 Å². The molecule has 0 aliphatic carbocycles. The Balaban J connectivity index is 0. The molecule has 0 nitrogen and oxygen atoms in total. The van der Waals surface area contributed by atoms with E-state index in [0.29, 0.717) is 0 Å². The zero-order valence-electron chi connectivity index (χ0n) is 3.12. The summed E-state index contributed by atoms with van der Waals surface area (Å²) in [7, 11) is 0. The van der Waals surface area contributed by atoms with E-state index in [4.69, 9.17) is 0 Å². The molecule has 1 unspecified atom stereocenters.